The molecular formula is C9H22N2. The van der Waals surface area contributed by atoms with E-state index in [0.717, 1.165) is 6.54 Å². The standard InChI is InChI=1S/C9H22N2/c1-6-11(5)9(3)7-8(2)10-4/h8-10H,6-7H2,1-5H3. The van der Waals surface area contributed by atoms with E-state index in [4.69, 9.17) is 0 Å². The minimum atomic E-state index is 0.624. The largest absolute Gasteiger partial charge is 0.317 e. The average Bonchev–Trinajstić information content (AvgIpc) is 2.02. The monoisotopic (exact) mass is 158 g/mol. The van der Waals surface area contributed by atoms with E-state index < -0.39 is 0 Å². The van der Waals surface area contributed by atoms with E-state index in [9.17, 15) is 0 Å². The quantitative estimate of drug-likeness (QED) is 0.649. The topological polar surface area (TPSA) is 15.3 Å². The molecule has 0 aromatic carbocycles. The Bertz CT molecular complexity index is 93.6. The van der Waals surface area contributed by atoms with Gasteiger partial charge in [-0.25, -0.2) is 0 Å². The molecule has 0 radical (unpaired) electrons. The predicted octanol–water partition coefficient (Wildman–Crippen LogP) is 1.32. The van der Waals surface area contributed by atoms with Gasteiger partial charge in [-0.1, -0.05) is 6.92 Å². The fraction of sp³-hybridized carbons (Fsp3) is 1.00. The highest BCUT2D eigenvalue weighted by molar-refractivity contribution is 4.68. The molecule has 0 saturated heterocycles. The summed E-state index contributed by atoms with van der Waals surface area (Å²) in [5, 5.41) is 3.25. The van der Waals surface area contributed by atoms with Gasteiger partial charge in [0.15, 0.2) is 0 Å². The molecule has 0 aliphatic carbocycles. The molecule has 0 aliphatic heterocycles. The zero-order valence-corrected chi connectivity index (χ0v) is 8.52. The van der Waals surface area contributed by atoms with Crippen LogP contribution in [0.3, 0.4) is 0 Å². The highest BCUT2D eigenvalue weighted by Crippen LogP contribution is 2.03. The van der Waals surface area contributed by atoms with Crippen molar-refractivity contribution in [2.75, 3.05) is 20.6 Å². The lowest BCUT2D eigenvalue weighted by atomic mass is 10.1. The first-order valence-electron chi connectivity index (χ1n) is 4.49. The molecule has 1 N–H and O–H groups in total. The number of nitrogens with one attached hydrogen (secondary N) is 1. The zero-order valence-electron chi connectivity index (χ0n) is 8.52. The summed E-state index contributed by atoms with van der Waals surface area (Å²) in [5.41, 5.74) is 0. The van der Waals surface area contributed by atoms with Crippen LogP contribution in [0.15, 0.2) is 0 Å². The minimum Gasteiger partial charge on any atom is -0.317 e. The second kappa shape index (κ2) is 5.56. The summed E-state index contributed by atoms with van der Waals surface area (Å²) in [6, 6.07) is 1.31. The van der Waals surface area contributed by atoms with Crippen molar-refractivity contribution in [1.82, 2.24) is 10.2 Å². The summed E-state index contributed by atoms with van der Waals surface area (Å²) < 4.78 is 0. The Morgan fingerprint density at radius 1 is 1.36 bits per heavy atom. The first kappa shape index (κ1) is 10.9. The van der Waals surface area contributed by atoms with Gasteiger partial charge in [0.05, 0.1) is 0 Å². The van der Waals surface area contributed by atoms with Crippen LogP contribution in [-0.4, -0.2) is 37.6 Å². The Morgan fingerprint density at radius 3 is 2.27 bits per heavy atom. The highest BCUT2D eigenvalue weighted by atomic mass is 15.1. The molecule has 0 aromatic rings. The smallest absolute Gasteiger partial charge is 0.00784 e. The van der Waals surface area contributed by atoms with Crippen LogP contribution >= 0.6 is 0 Å². The molecule has 68 valence electrons. The van der Waals surface area contributed by atoms with Gasteiger partial charge in [0.1, 0.15) is 0 Å². The van der Waals surface area contributed by atoms with E-state index >= 15 is 0 Å². The summed E-state index contributed by atoms with van der Waals surface area (Å²) in [4.78, 5) is 2.37. The Morgan fingerprint density at radius 2 is 1.91 bits per heavy atom. The lowest BCUT2D eigenvalue weighted by Crippen LogP contribution is -2.35. The van der Waals surface area contributed by atoms with E-state index in [1.54, 1.807) is 0 Å². The summed E-state index contributed by atoms with van der Waals surface area (Å²) in [7, 11) is 4.19. The fourth-order valence-corrected chi connectivity index (χ4v) is 1.12. The lowest BCUT2D eigenvalue weighted by molar-refractivity contribution is 0.243. The molecule has 2 atom stereocenters. The Hall–Kier alpha value is -0.0800. The van der Waals surface area contributed by atoms with E-state index in [2.05, 4.69) is 38.0 Å². The van der Waals surface area contributed by atoms with Gasteiger partial charge >= 0.3 is 0 Å². The molecule has 2 nitrogen and oxygen atoms in total. The Balaban J connectivity index is 3.58. The van der Waals surface area contributed by atoms with Crippen molar-refractivity contribution in [2.24, 2.45) is 0 Å². The molecule has 0 spiro atoms. The maximum atomic E-state index is 3.25. The molecule has 11 heavy (non-hydrogen) atoms. The number of hydrogen-bond donors (Lipinski definition) is 1. The second-order valence-electron chi connectivity index (χ2n) is 3.35. The van der Waals surface area contributed by atoms with Gasteiger partial charge in [-0.3, -0.25) is 0 Å². The van der Waals surface area contributed by atoms with E-state index in [1.165, 1.54) is 6.42 Å². The van der Waals surface area contributed by atoms with E-state index in [-0.39, 0.29) is 0 Å². The molecule has 2 heteroatoms. The third-order valence-electron chi connectivity index (χ3n) is 2.44. The molecule has 0 amide bonds. The SMILES string of the molecule is CCN(C)C(C)CC(C)NC. The van der Waals surface area contributed by atoms with E-state index in [1.807, 2.05) is 7.05 Å². The molecule has 0 rings (SSSR count). The van der Waals surface area contributed by atoms with Crippen LogP contribution in [0.1, 0.15) is 27.2 Å². The zero-order chi connectivity index (χ0) is 8.85. The van der Waals surface area contributed by atoms with Gasteiger partial charge in [-0.05, 0) is 40.9 Å². The molecule has 0 aliphatic rings. The molecular weight excluding hydrogens is 136 g/mol. The van der Waals surface area contributed by atoms with Crippen LogP contribution in [0, 0.1) is 0 Å². The van der Waals surface area contributed by atoms with Crippen molar-refractivity contribution in [3.05, 3.63) is 0 Å². The maximum absolute atomic E-state index is 3.25. The van der Waals surface area contributed by atoms with Crippen LogP contribution in [0.5, 0.6) is 0 Å². The maximum Gasteiger partial charge on any atom is 0.00784 e. The molecule has 0 saturated carbocycles. The highest BCUT2D eigenvalue weighted by Gasteiger charge is 2.09. The molecule has 0 bridgehead atoms. The van der Waals surface area contributed by atoms with Crippen molar-refractivity contribution < 1.29 is 0 Å². The molecule has 0 aromatic heterocycles. The summed E-state index contributed by atoms with van der Waals surface area (Å²) in [6.45, 7) is 7.83. The van der Waals surface area contributed by atoms with Crippen molar-refractivity contribution in [2.45, 2.75) is 39.3 Å². The summed E-state index contributed by atoms with van der Waals surface area (Å²) in [6.07, 6.45) is 1.22. The summed E-state index contributed by atoms with van der Waals surface area (Å²) in [5.74, 6) is 0. The van der Waals surface area contributed by atoms with Gasteiger partial charge in [0.25, 0.3) is 0 Å². The second-order valence-corrected chi connectivity index (χ2v) is 3.35. The van der Waals surface area contributed by atoms with Crippen molar-refractivity contribution in [3.63, 3.8) is 0 Å². The van der Waals surface area contributed by atoms with Gasteiger partial charge in [0, 0.05) is 12.1 Å². The number of rotatable bonds is 5. The lowest BCUT2D eigenvalue weighted by Gasteiger charge is -2.25. The molecule has 2 unspecified atom stereocenters. The van der Waals surface area contributed by atoms with Crippen LogP contribution in [0.4, 0.5) is 0 Å². The fourth-order valence-electron chi connectivity index (χ4n) is 1.12. The van der Waals surface area contributed by atoms with Crippen LogP contribution in [-0.2, 0) is 0 Å². The Labute approximate surface area is 71.0 Å². The number of hydrogen-bond acceptors (Lipinski definition) is 2. The van der Waals surface area contributed by atoms with Gasteiger partial charge in [0.2, 0.25) is 0 Å². The van der Waals surface area contributed by atoms with Crippen molar-refractivity contribution in [3.8, 4) is 0 Å². The van der Waals surface area contributed by atoms with Gasteiger partial charge < -0.3 is 10.2 Å². The first-order valence-corrected chi connectivity index (χ1v) is 4.49. The van der Waals surface area contributed by atoms with Gasteiger partial charge in [-0.2, -0.15) is 0 Å². The normalized spacial score (nSPS) is 16.9. The molecule has 0 fully saturated rings. The van der Waals surface area contributed by atoms with Gasteiger partial charge in [-0.15, -0.1) is 0 Å². The molecule has 0 heterocycles. The minimum absolute atomic E-state index is 0.624. The predicted molar refractivity (Wildman–Crippen MR) is 50.9 cm³/mol. The van der Waals surface area contributed by atoms with Crippen LogP contribution in [0.2, 0.25) is 0 Å². The van der Waals surface area contributed by atoms with Crippen molar-refractivity contribution in [1.29, 1.82) is 0 Å². The third kappa shape index (κ3) is 4.38. The number of nitrogens with zero attached hydrogens (tertiary/aromatic N) is 1. The van der Waals surface area contributed by atoms with Crippen LogP contribution < -0.4 is 5.32 Å². The Kier molecular flexibility index (Phi) is 5.51. The van der Waals surface area contributed by atoms with E-state index in [0.29, 0.717) is 12.1 Å². The van der Waals surface area contributed by atoms with Crippen molar-refractivity contribution >= 4 is 0 Å². The third-order valence-corrected chi connectivity index (χ3v) is 2.44. The summed E-state index contributed by atoms with van der Waals surface area (Å²) >= 11 is 0. The average molecular weight is 158 g/mol. The first-order chi connectivity index (χ1) is 5.11. The van der Waals surface area contributed by atoms with Crippen LogP contribution in [0.25, 0.3) is 0 Å².